The van der Waals surface area contributed by atoms with Crippen molar-refractivity contribution in [2.45, 2.75) is 0 Å². The van der Waals surface area contributed by atoms with Gasteiger partial charge >= 0.3 is 0 Å². The number of nitrogens with zero attached hydrogens (tertiary/aromatic N) is 1. The Bertz CT molecular complexity index is 797. The van der Waals surface area contributed by atoms with Crippen LogP contribution in [0.3, 0.4) is 0 Å². The number of anilines is 2. The molecule has 2 N–H and O–H groups in total. The van der Waals surface area contributed by atoms with Crippen molar-refractivity contribution in [2.24, 2.45) is 0 Å². The van der Waals surface area contributed by atoms with Crippen molar-refractivity contribution in [3.8, 4) is 17.2 Å². The molecule has 0 fully saturated rings. The first-order chi connectivity index (χ1) is 12.0. The molecular formula is C16H17N3O5S. The monoisotopic (exact) mass is 363 g/mol. The minimum absolute atomic E-state index is 0.0684. The van der Waals surface area contributed by atoms with Crippen LogP contribution in [0.25, 0.3) is 0 Å². The van der Waals surface area contributed by atoms with Crippen molar-refractivity contribution < 1.29 is 19.1 Å². The standard InChI is InChI=1S/C16H17N3O5S/c1-22-13-7-4-10(8-15(13)24-3)17-16(25)18-12-6-5-11(19(20)21)9-14(12)23-2/h4-9H,1-3H3,(H2,17,18,25). The molecule has 0 aliphatic carbocycles. The van der Waals surface area contributed by atoms with Crippen LogP contribution >= 0.6 is 12.2 Å². The van der Waals surface area contributed by atoms with E-state index in [1.54, 1.807) is 32.4 Å². The Morgan fingerprint density at radius 3 is 2.24 bits per heavy atom. The SMILES string of the molecule is COc1cc([N+](=O)[O-])ccc1NC(=S)Nc1ccc(OC)c(OC)c1. The summed E-state index contributed by atoms with van der Waals surface area (Å²) >= 11 is 5.27. The fourth-order valence-electron chi connectivity index (χ4n) is 2.10. The zero-order chi connectivity index (χ0) is 18.4. The first-order valence-corrected chi connectivity index (χ1v) is 7.51. The maximum atomic E-state index is 10.8. The molecule has 0 saturated heterocycles. The molecule has 0 unspecified atom stereocenters. The molecule has 9 heteroatoms. The van der Waals surface area contributed by atoms with Gasteiger partial charge in [-0.15, -0.1) is 0 Å². The summed E-state index contributed by atoms with van der Waals surface area (Å²) in [5.74, 6) is 1.47. The van der Waals surface area contributed by atoms with E-state index in [1.807, 2.05) is 0 Å². The van der Waals surface area contributed by atoms with Gasteiger partial charge in [-0.3, -0.25) is 10.1 Å². The van der Waals surface area contributed by atoms with Gasteiger partial charge in [0.15, 0.2) is 16.6 Å². The largest absolute Gasteiger partial charge is 0.494 e. The van der Waals surface area contributed by atoms with Crippen LogP contribution in [0, 0.1) is 10.1 Å². The van der Waals surface area contributed by atoms with Crippen molar-refractivity contribution in [1.82, 2.24) is 0 Å². The number of benzene rings is 2. The Balaban J connectivity index is 2.14. The van der Waals surface area contributed by atoms with Gasteiger partial charge in [-0.25, -0.2) is 0 Å². The third kappa shape index (κ3) is 4.48. The number of methoxy groups -OCH3 is 3. The molecule has 0 amide bonds. The highest BCUT2D eigenvalue weighted by Crippen LogP contribution is 2.31. The molecule has 132 valence electrons. The van der Waals surface area contributed by atoms with Crippen molar-refractivity contribution in [1.29, 1.82) is 0 Å². The van der Waals surface area contributed by atoms with Gasteiger partial charge in [0.2, 0.25) is 0 Å². The van der Waals surface area contributed by atoms with E-state index in [9.17, 15) is 10.1 Å². The lowest BCUT2D eigenvalue weighted by Crippen LogP contribution is -2.19. The summed E-state index contributed by atoms with van der Waals surface area (Å²) in [6.45, 7) is 0. The summed E-state index contributed by atoms with van der Waals surface area (Å²) in [6.07, 6.45) is 0. The number of rotatable bonds is 6. The molecular weight excluding hydrogens is 346 g/mol. The summed E-state index contributed by atoms with van der Waals surface area (Å²) in [4.78, 5) is 10.3. The lowest BCUT2D eigenvalue weighted by atomic mass is 10.2. The smallest absolute Gasteiger partial charge is 0.273 e. The number of thiocarbonyl (C=S) groups is 1. The topological polar surface area (TPSA) is 94.9 Å². The highest BCUT2D eigenvalue weighted by atomic mass is 32.1. The van der Waals surface area contributed by atoms with Crippen LogP contribution in [-0.4, -0.2) is 31.4 Å². The molecule has 2 aromatic rings. The highest BCUT2D eigenvalue weighted by molar-refractivity contribution is 7.80. The third-order valence-corrected chi connectivity index (χ3v) is 3.49. The van der Waals surface area contributed by atoms with Gasteiger partial charge in [0.1, 0.15) is 5.75 Å². The second-order valence-electron chi connectivity index (χ2n) is 4.79. The number of nitrogens with one attached hydrogen (secondary N) is 2. The summed E-state index contributed by atoms with van der Waals surface area (Å²) < 4.78 is 15.6. The Labute approximate surface area is 149 Å². The van der Waals surface area contributed by atoms with Crippen LogP contribution in [0.4, 0.5) is 17.1 Å². The molecule has 0 radical (unpaired) electrons. The van der Waals surface area contributed by atoms with Crippen molar-refractivity contribution >= 4 is 34.4 Å². The van der Waals surface area contributed by atoms with E-state index in [4.69, 9.17) is 26.4 Å². The zero-order valence-electron chi connectivity index (χ0n) is 13.9. The number of non-ortho nitro benzene ring substituents is 1. The van der Waals surface area contributed by atoms with Crippen molar-refractivity contribution in [3.05, 3.63) is 46.5 Å². The van der Waals surface area contributed by atoms with Crippen molar-refractivity contribution in [2.75, 3.05) is 32.0 Å². The maximum absolute atomic E-state index is 10.8. The molecule has 2 rings (SSSR count). The molecule has 0 saturated carbocycles. The van der Waals surface area contributed by atoms with Crippen LogP contribution in [0.1, 0.15) is 0 Å². The van der Waals surface area contributed by atoms with E-state index in [1.165, 1.54) is 25.3 Å². The van der Waals surface area contributed by atoms with Crippen LogP contribution in [0.2, 0.25) is 0 Å². The molecule has 0 bridgehead atoms. The Hall–Kier alpha value is -3.07. The van der Waals surface area contributed by atoms with Gasteiger partial charge < -0.3 is 24.8 Å². The average molecular weight is 363 g/mol. The van der Waals surface area contributed by atoms with Crippen LogP contribution in [-0.2, 0) is 0 Å². The number of ether oxygens (including phenoxy) is 3. The summed E-state index contributed by atoms with van der Waals surface area (Å²) in [5, 5.41) is 17.1. The van der Waals surface area contributed by atoms with Crippen LogP contribution in [0.5, 0.6) is 17.2 Å². The quantitative estimate of drug-likeness (QED) is 0.458. The van der Waals surface area contributed by atoms with E-state index in [0.717, 1.165) is 0 Å². The summed E-state index contributed by atoms with van der Waals surface area (Å²) in [6, 6.07) is 9.48. The molecule has 25 heavy (non-hydrogen) atoms. The van der Waals surface area contributed by atoms with Gasteiger partial charge in [0.05, 0.1) is 38.0 Å². The van der Waals surface area contributed by atoms with E-state index in [0.29, 0.717) is 33.7 Å². The first kappa shape index (κ1) is 18.3. The lowest BCUT2D eigenvalue weighted by Gasteiger charge is -2.14. The normalized spacial score (nSPS) is 9.88. The zero-order valence-corrected chi connectivity index (χ0v) is 14.7. The van der Waals surface area contributed by atoms with Crippen molar-refractivity contribution in [3.63, 3.8) is 0 Å². The number of nitro benzene ring substituents is 1. The van der Waals surface area contributed by atoms with E-state index in [2.05, 4.69) is 10.6 Å². The first-order valence-electron chi connectivity index (χ1n) is 7.11. The van der Waals surface area contributed by atoms with Gasteiger partial charge in [-0.05, 0) is 30.4 Å². The lowest BCUT2D eigenvalue weighted by molar-refractivity contribution is -0.384. The van der Waals surface area contributed by atoms with Gasteiger partial charge in [0, 0.05) is 17.8 Å². The molecule has 0 aliphatic heterocycles. The molecule has 8 nitrogen and oxygen atoms in total. The van der Waals surface area contributed by atoms with Gasteiger partial charge in [-0.1, -0.05) is 0 Å². The number of hydrogen-bond donors (Lipinski definition) is 2. The molecule has 0 atom stereocenters. The van der Waals surface area contributed by atoms with Crippen LogP contribution in [0.15, 0.2) is 36.4 Å². The molecule has 0 aromatic heterocycles. The maximum Gasteiger partial charge on any atom is 0.273 e. The van der Waals surface area contributed by atoms with Gasteiger partial charge in [0.25, 0.3) is 5.69 Å². The molecule has 0 spiro atoms. The minimum Gasteiger partial charge on any atom is -0.494 e. The fourth-order valence-corrected chi connectivity index (χ4v) is 2.32. The van der Waals surface area contributed by atoms with Crippen LogP contribution < -0.4 is 24.8 Å². The molecule has 2 aromatic carbocycles. The fraction of sp³-hybridized carbons (Fsp3) is 0.188. The third-order valence-electron chi connectivity index (χ3n) is 3.29. The van der Waals surface area contributed by atoms with Gasteiger partial charge in [-0.2, -0.15) is 0 Å². The number of nitro groups is 1. The second-order valence-corrected chi connectivity index (χ2v) is 5.20. The summed E-state index contributed by atoms with van der Waals surface area (Å²) in [5.41, 5.74) is 1.13. The molecule has 0 aliphatic rings. The van der Waals surface area contributed by atoms with E-state index < -0.39 is 4.92 Å². The van der Waals surface area contributed by atoms with E-state index in [-0.39, 0.29) is 5.69 Å². The Kier molecular flexibility index (Phi) is 5.96. The Morgan fingerprint density at radius 1 is 0.960 bits per heavy atom. The predicted octanol–water partition coefficient (Wildman–Crippen LogP) is 3.43. The van der Waals surface area contributed by atoms with E-state index >= 15 is 0 Å². The molecule has 0 heterocycles. The minimum atomic E-state index is -0.494. The average Bonchev–Trinajstić information content (AvgIpc) is 2.61. The summed E-state index contributed by atoms with van der Waals surface area (Å²) in [7, 11) is 4.52. The predicted molar refractivity (Wildman–Crippen MR) is 99.0 cm³/mol. The number of hydrogen-bond acceptors (Lipinski definition) is 6. The highest BCUT2D eigenvalue weighted by Gasteiger charge is 2.12. The second kappa shape index (κ2) is 8.15. The Morgan fingerprint density at radius 2 is 1.64 bits per heavy atom.